The molecule has 0 spiro atoms. The summed E-state index contributed by atoms with van der Waals surface area (Å²) in [5, 5.41) is 3.44. The summed E-state index contributed by atoms with van der Waals surface area (Å²) in [6, 6.07) is 10.9. The second kappa shape index (κ2) is 7.44. The van der Waals surface area contributed by atoms with Gasteiger partial charge >= 0.3 is 0 Å². The molecule has 0 unspecified atom stereocenters. The molecule has 0 bridgehead atoms. The summed E-state index contributed by atoms with van der Waals surface area (Å²) in [6.45, 7) is 0.337. The lowest BCUT2D eigenvalue weighted by Gasteiger charge is -2.09. The van der Waals surface area contributed by atoms with E-state index in [9.17, 15) is 4.79 Å². The Hall–Kier alpha value is -2.73. The highest BCUT2D eigenvalue weighted by atomic mass is 35.5. The van der Waals surface area contributed by atoms with Gasteiger partial charge < -0.3 is 14.8 Å². The second-order valence-electron chi connectivity index (χ2n) is 5.45. The number of hydrogen-bond donors (Lipinski definition) is 1. The molecule has 0 saturated heterocycles. The first-order valence-corrected chi connectivity index (χ1v) is 8.08. The Morgan fingerprint density at radius 2 is 2.00 bits per heavy atom. The number of aromatic nitrogens is 2. The summed E-state index contributed by atoms with van der Waals surface area (Å²) in [4.78, 5) is 16.6. The van der Waals surface area contributed by atoms with Gasteiger partial charge in [-0.3, -0.25) is 9.20 Å². The van der Waals surface area contributed by atoms with Gasteiger partial charge in [-0.25, -0.2) is 4.98 Å². The lowest BCUT2D eigenvalue weighted by atomic mass is 10.1. The first-order chi connectivity index (χ1) is 12.1. The number of benzene rings is 1. The third kappa shape index (κ3) is 3.85. The van der Waals surface area contributed by atoms with E-state index in [-0.39, 0.29) is 12.3 Å². The number of fused-ring (bicyclic) bond motifs is 1. The highest BCUT2D eigenvalue weighted by Crippen LogP contribution is 2.27. The Labute approximate surface area is 150 Å². The van der Waals surface area contributed by atoms with E-state index in [4.69, 9.17) is 21.1 Å². The Balaban J connectivity index is 1.63. The molecule has 0 fully saturated rings. The van der Waals surface area contributed by atoms with Gasteiger partial charge in [0.1, 0.15) is 10.8 Å². The molecule has 0 atom stereocenters. The molecule has 1 amide bonds. The third-order valence-corrected chi connectivity index (χ3v) is 4.08. The van der Waals surface area contributed by atoms with Crippen molar-refractivity contribution >= 4 is 23.2 Å². The molecule has 3 rings (SSSR count). The van der Waals surface area contributed by atoms with E-state index in [0.717, 1.165) is 16.9 Å². The van der Waals surface area contributed by atoms with Crippen molar-refractivity contribution in [1.29, 1.82) is 0 Å². The van der Waals surface area contributed by atoms with Crippen LogP contribution in [0.15, 0.2) is 42.6 Å². The predicted octanol–water partition coefficient (Wildman–Crippen LogP) is 2.86. The fourth-order valence-corrected chi connectivity index (χ4v) is 2.75. The molecular formula is C18H18ClN3O3. The number of carbonyl (C=O) groups is 1. The van der Waals surface area contributed by atoms with Crippen LogP contribution in [0.5, 0.6) is 11.5 Å². The summed E-state index contributed by atoms with van der Waals surface area (Å²) in [7, 11) is 3.14. The minimum Gasteiger partial charge on any atom is -0.493 e. The molecular weight excluding hydrogens is 342 g/mol. The number of pyridine rings is 1. The molecule has 0 aliphatic carbocycles. The standard InChI is InChI=1S/C18H18ClN3O3/c1-24-14-7-6-12(8-15(14)25-2)9-18(23)20-10-13-11-22-16(19)4-3-5-17(22)21-13/h3-8,11H,9-10H2,1-2H3,(H,20,23). The van der Waals surface area contributed by atoms with Crippen LogP contribution in [0.2, 0.25) is 5.15 Å². The summed E-state index contributed by atoms with van der Waals surface area (Å²) < 4.78 is 12.2. The van der Waals surface area contributed by atoms with Crippen molar-refractivity contribution in [2.45, 2.75) is 13.0 Å². The molecule has 2 heterocycles. The number of imidazole rings is 1. The van der Waals surface area contributed by atoms with Crippen molar-refractivity contribution in [1.82, 2.24) is 14.7 Å². The van der Waals surface area contributed by atoms with Crippen molar-refractivity contribution in [2.75, 3.05) is 14.2 Å². The van der Waals surface area contributed by atoms with Gasteiger partial charge in [0.15, 0.2) is 11.5 Å². The van der Waals surface area contributed by atoms with Gasteiger partial charge in [0.2, 0.25) is 5.91 Å². The average Bonchev–Trinajstić information content (AvgIpc) is 3.04. The zero-order valence-corrected chi connectivity index (χ0v) is 14.7. The first kappa shape index (κ1) is 17.1. The van der Waals surface area contributed by atoms with Gasteiger partial charge in [0.25, 0.3) is 0 Å². The van der Waals surface area contributed by atoms with Gasteiger partial charge in [-0.05, 0) is 29.8 Å². The molecule has 7 heteroatoms. The molecule has 0 aliphatic heterocycles. The van der Waals surface area contributed by atoms with E-state index in [1.54, 1.807) is 36.8 Å². The highest BCUT2D eigenvalue weighted by molar-refractivity contribution is 6.29. The van der Waals surface area contributed by atoms with Crippen LogP contribution in [-0.4, -0.2) is 29.5 Å². The SMILES string of the molecule is COc1ccc(CC(=O)NCc2cn3c(Cl)cccc3n2)cc1OC. The maximum Gasteiger partial charge on any atom is 0.224 e. The number of carbonyl (C=O) groups excluding carboxylic acids is 1. The fourth-order valence-electron chi connectivity index (χ4n) is 2.54. The van der Waals surface area contributed by atoms with Crippen LogP contribution in [0.4, 0.5) is 0 Å². The van der Waals surface area contributed by atoms with Crippen LogP contribution in [-0.2, 0) is 17.8 Å². The van der Waals surface area contributed by atoms with E-state index in [0.29, 0.717) is 23.2 Å². The molecule has 1 aromatic carbocycles. The summed E-state index contributed by atoms with van der Waals surface area (Å²) in [6.07, 6.45) is 2.06. The number of hydrogen-bond acceptors (Lipinski definition) is 4. The molecule has 1 N–H and O–H groups in total. The quantitative estimate of drug-likeness (QED) is 0.687. The molecule has 25 heavy (non-hydrogen) atoms. The Morgan fingerprint density at radius 3 is 2.72 bits per heavy atom. The van der Waals surface area contributed by atoms with Crippen LogP contribution in [0.1, 0.15) is 11.3 Å². The molecule has 0 radical (unpaired) electrons. The van der Waals surface area contributed by atoms with E-state index >= 15 is 0 Å². The number of halogens is 1. The number of nitrogens with one attached hydrogen (secondary N) is 1. The number of amides is 1. The largest absolute Gasteiger partial charge is 0.493 e. The van der Waals surface area contributed by atoms with Crippen molar-refractivity contribution in [3.05, 3.63) is 59.0 Å². The number of ether oxygens (including phenoxy) is 2. The van der Waals surface area contributed by atoms with E-state index in [1.165, 1.54) is 0 Å². The van der Waals surface area contributed by atoms with Gasteiger partial charge in [-0.1, -0.05) is 23.7 Å². The lowest BCUT2D eigenvalue weighted by molar-refractivity contribution is -0.120. The molecule has 130 valence electrons. The lowest BCUT2D eigenvalue weighted by Crippen LogP contribution is -2.24. The highest BCUT2D eigenvalue weighted by Gasteiger charge is 2.10. The van der Waals surface area contributed by atoms with Crippen molar-refractivity contribution in [2.24, 2.45) is 0 Å². The molecule has 2 aromatic heterocycles. The van der Waals surface area contributed by atoms with E-state index in [2.05, 4.69) is 10.3 Å². The monoisotopic (exact) mass is 359 g/mol. The maximum absolute atomic E-state index is 12.2. The zero-order chi connectivity index (χ0) is 17.8. The molecule has 0 aliphatic rings. The molecule has 3 aromatic rings. The average molecular weight is 360 g/mol. The number of nitrogens with zero attached hydrogens (tertiary/aromatic N) is 2. The van der Waals surface area contributed by atoms with E-state index in [1.807, 2.05) is 24.4 Å². The first-order valence-electron chi connectivity index (χ1n) is 7.71. The Morgan fingerprint density at radius 1 is 1.20 bits per heavy atom. The van der Waals surface area contributed by atoms with Crippen molar-refractivity contribution in [3.63, 3.8) is 0 Å². The summed E-state index contributed by atoms with van der Waals surface area (Å²) >= 11 is 6.11. The number of methoxy groups -OCH3 is 2. The van der Waals surface area contributed by atoms with Crippen molar-refractivity contribution in [3.8, 4) is 11.5 Å². The van der Waals surface area contributed by atoms with Gasteiger partial charge in [-0.15, -0.1) is 0 Å². The van der Waals surface area contributed by atoms with Gasteiger partial charge in [0, 0.05) is 6.20 Å². The smallest absolute Gasteiger partial charge is 0.224 e. The molecule has 0 saturated carbocycles. The van der Waals surface area contributed by atoms with Crippen LogP contribution in [0, 0.1) is 0 Å². The maximum atomic E-state index is 12.2. The Bertz CT molecular complexity index is 908. The predicted molar refractivity (Wildman–Crippen MR) is 95.3 cm³/mol. The van der Waals surface area contributed by atoms with Crippen LogP contribution in [0.25, 0.3) is 5.65 Å². The normalized spacial score (nSPS) is 10.7. The fraction of sp³-hybridized carbons (Fsp3) is 0.222. The van der Waals surface area contributed by atoms with Gasteiger partial charge in [0.05, 0.1) is 32.9 Å². The summed E-state index contributed by atoms with van der Waals surface area (Å²) in [5.74, 6) is 1.13. The van der Waals surface area contributed by atoms with E-state index < -0.39 is 0 Å². The van der Waals surface area contributed by atoms with Crippen molar-refractivity contribution < 1.29 is 14.3 Å². The Kier molecular flexibility index (Phi) is 5.09. The second-order valence-corrected chi connectivity index (χ2v) is 5.84. The zero-order valence-electron chi connectivity index (χ0n) is 14.0. The van der Waals surface area contributed by atoms with Crippen LogP contribution in [0.3, 0.4) is 0 Å². The van der Waals surface area contributed by atoms with Crippen LogP contribution < -0.4 is 14.8 Å². The van der Waals surface area contributed by atoms with Crippen LogP contribution >= 0.6 is 11.6 Å². The minimum absolute atomic E-state index is 0.102. The summed E-state index contributed by atoms with van der Waals surface area (Å²) in [5.41, 5.74) is 2.33. The van der Waals surface area contributed by atoms with Gasteiger partial charge in [-0.2, -0.15) is 0 Å². The number of rotatable bonds is 6. The molecule has 6 nitrogen and oxygen atoms in total. The minimum atomic E-state index is -0.102. The topological polar surface area (TPSA) is 64.9 Å². The third-order valence-electron chi connectivity index (χ3n) is 3.77.